The van der Waals surface area contributed by atoms with Crippen LogP contribution in [0.25, 0.3) is 0 Å². The largest absolute Gasteiger partial charge is 0.490 e. The zero-order valence-electron chi connectivity index (χ0n) is 46.9. The van der Waals surface area contributed by atoms with Crippen LogP contribution in [0.2, 0.25) is 0 Å². The van der Waals surface area contributed by atoms with E-state index < -0.39 is 0 Å². The third-order valence-corrected chi connectivity index (χ3v) is 15.4. The number of rotatable bonds is 53. The van der Waals surface area contributed by atoms with Gasteiger partial charge in [0.15, 0.2) is 0 Å². The number of likely N-dealkylation sites (tertiary alicyclic amines) is 1. The molecule has 1 aliphatic rings. The molecule has 0 aromatic heterocycles. The van der Waals surface area contributed by atoms with E-state index >= 15 is 0 Å². The molecule has 1 rings (SSSR count). The summed E-state index contributed by atoms with van der Waals surface area (Å²) in [4.78, 5) is 28.4. The predicted octanol–water partition coefficient (Wildman–Crippen LogP) is 18.8. The van der Waals surface area contributed by atoms with E-state index in [1.54, 1.807) is 0 Å². The van der Waals surface area contributed by atoms with Crippen LogP contribution in [0, 0.1) is 23.7 Å². The zero-order chi connectivity index (χ0) is 50.3. The van der Waals surface area contributed by atoms with Crippen LogP contribution in [0.1, 0.15) is 291 Å². The molecule has 1 unspecified atom stereocenters. The molecule has 6 nitrogen and oxygen atoms in total. The van der Waals surface area contributed by atoms with E-state index in [4.69, 9.17) is 14.2 Å². The molecule has 1 aliphatic heterocycles. The minimum absolute atomic E-state index is 0.0164. The van der Waals surface area contributed by atoms with Crippen molar-refractivity contribution < 1.29 is 23.8 Å². The SMILES string of the molecule is C=C=C(CCCCCCCN1C[C@@H](CC(=O)CCC(CCC)CCC=C)C[C@H]1COCCCCCCCC(=O)OCCCC(CCCCC)CCCCC)OCCCC(CCCCC)CCCCC. The molecule has 0 radical (unpaired) electrons. The fraction of sp³-hybridized carbons (Fsp3) is 0.889. The van der Waals surface area contributed by atoms with Gasteiger partial charge in [0.25, 0.3) is 0 Å². The van der Waals surface area contributed by atoms with Gasteiger partial charge in [-0.2, -0.15) is 0 Å². The molecule has 0 saturated carbocycles. The van der Waals surface area contributed by atoms with E-state index in [1.807, 2.05) is 6.08 Å². The van der Waals surface area contributed by atoms with Gasteiger partial charge in [-0.1, -0.05) is 207 Å². The Bertz CT molecular complexity index is 1210. The van der Waals surface area contributed by atoms with Gasteiger partial charge < -0.3 is 14.2 Å². The number of ether oxygens (including phenoxy) is 3. The van der Waals surface area contributed by atoms with Crippen molar-refractivity contribution in [2.45, 2.75) is 297 Å². The molecule has 0 N–H and O–H groups in total. The number of nitrogens with zero attached hydrogens (tertiary/aromatic N) is 1. The van der Waals surface area contributed by atoms with Crippen LogP contribution in [0.3, 0.4) is 0 Å². The maximum absolute atomic E-state index is 13.3. The summed E-state index contributed by atoms with van der Waals surface area (Å²) in [5.74, 6) is 4.13. The van der Waals surface area contributed by atoms with E-state index in [2.05, 4.69) is 58.4 Å². The Morgan fingerprint density at radius 2 is 1.07 bits per heavy atom. The summed E-state index contributed by atoms with van der Waals surface area (Å²) in [6.45, 7) is 24.4. The molecule has 6 heteroatoms. The zero-order valence-corrected chi connectivity index (χ0v) is 46.9. The Morgan fingerprint density at radius 3 is 1.64 bits per heavy atom. The molecular weight excluding hydrogens is 851 g/mol. The van der Waals surface area contributed by atoms with Gasteiger partial charge >= 0.3 is 5.97 Å². The number of unbranched alkanes of at least 4 members (excludes halogenated alkanes) is 16. The number of hydrogen-bond donors (Lipinski definition) is 0. The molecule has 1 heterocycles. The van der Waals surface area contributed by atoms with Crippen LogP contribution in [0.15, 0.2) is 30.7 Å². The number of hydrogen-bond acceptors (Lipinski definition) is 6. The number of ketones is 1. The van der Waals surface area contributed by atoms with Crippen molar-refractivity contribution in [2.24, 2.45) is 23.7 Å². The average Bonchev–Trinajstić information content (AvgIpc) is 3.73. The summed E-state index contributed by atoms with van der Waals surface area (Å²) in [5, 5.41) is 0. The summed E-state index contributed by atoms with van der Waals surface area (Å²) in [6.07, 6.45) is 49.1. The molecule has 0 aromatic carbocycles. The quantitative estimate of drug-likeness (QED) is 0.0199. The number of allylic oxidation sites excluding steroid dienone is 2. The van der Waals surface area contributed by atoms with Crippen molar-refractivity contribution in [1.29, 1.82) is 0 Å². The fourth-order valence-corrected chi connectivity index (χ4v) is 11.0. The van der Waals surface area contributed by atoms with Gasteiger partial charge in [0.2, 0.25) is 0 Å². The van der Waals surface area contributed by atoms with Crippen molar-refractivity contribution in [3.63, 3.8) is 0 Å². The lowest BCUT2D eigenvalue weighted by Crippen LogP contribution is -2.34. The normalized spacial score (nSPS) is 15.5. The monoisotopic (exact) mass is 968 g/mol. The Balaban J connectivity index is 2.44. The van der Waals surface area contributed by atoms with E-state index in [1.165, 1.54) is 154 Å². The highest BCUT2D eigenvalue weighted by Gasteiger charge is 2.33. The molecule has 1 saturated heterocycles. The van der Waals surface area contributed by atoms with Crippen molar-refractivity contribution >= 4 is 11.8 Å². The Kier molecular flexibility index (Phi) is 45.7. The minimum atomic E-state index is -0.0164. The van der Waals surface area contributed by atoms with Gasteiger partial charge in [0.05, 0.1) is 19.8 Å². The van der Waals surface area contributed by atoms with Crippen LogP contribution < -0.4 is 0 Å². The standard InChI is InChI=1S/C63H117NO5/c1-8-15-26-38-57(39-27-16-9-2)42-34-50-68-62(14-7)44-30-22-20-24-32-48-64-54-59(53-61(65)47-46-56(36-13-6)37-19-12-5)52-60(64)55-67-49-33-25-21-23-31-45-63(66)69-51-35-43-58(40-28-17-10-3)41-29-18-11-4/h12,56-60H,5,7-11,13,15-55H2,1-4,6H3/t56?,59-,60+/m1/s1. The van der Waals surface area contributed by atoms with Crippen LogP contribution in [0.4, 0.5) is 0 Å². The van der Waals surface area contributed by atoms with E-state index in [9.17, 15) is 9.59 Å². The van der Waals surface area contributed by atoms with Gasteiger partial charge in [0, 0.05) is 44.9 Å². The van der Waals surface area contributed by atoms with Crippen molar-refractivity contribution in [1.82, 2.24) is 4.90 Å². The second-order valence-corrected chi connectivity index (χ2v) is 21.8. The summed E-state index contributed by atoms with van der Waals surface area (Å²) in [6, 6.07) is 0.405. The Morgan fingerprint density at radius 1 is 0.551 bits per heavy atom. The third-order valence-electron chi connectivity index (χ3n) is 15.4. The molecule has 404 valence electrons. The fourth-order valence-electron chi connectivity index (χ4n) is 11.0. The number of esters is 1. The lowest BCUT2D eigenvalue weighted by molar-refractivity contribution is -0.144. The number of Topliss-reactive ketones (excluding diaryl/α,β-unsaturated/α-hetero) is 1. The second-order valence-electron chi connectivity index (χ2n) is 21.8. The molecule has 0 aliphatic carbocycles. The smallest absolute Gasteiger partial charge is 0.305 e. The van der Waals surface area contributed by atoms with Crippen LogP contribution >= 0.6 is 0 Å². The van der Waals surface area contributed by atoms with Gasteiger partial charge in [-0.3, -0.25) is 14.5 Å². The predicted molar refractivity (Wildman–Crippen MR) is 298 cm³/mol. The summed E-state index contributed by atoms with van der Waals surface area (Å²) < 4.78 is 18.2. The van der Waals surface area contributed by atoms with Crippen LogP contribution in [-0.2, 0) is 23.8 Å². The highest BCUT2D eigenvalue weighted by atomic mass is 16.5. The van der Waals surface area contributed by atoms with Gasteiger partial charge in [0.1, 0.15) is 11.5 Å². The van der Waals surface area contributed by atoms with E-state index in [0.717, 1.165) is 147 Å². The van der Waals surface area contributed by atoms with Gasteiger partial charge in [-0.15, -0.1) is 6.58 Å². The maximum atomic E-state index is 13.3. The Hall–Kier alpha value is -1.88. The summed E-state index contributed by atoms with van der Waals surface area (Å²) in [7, 11) is 0. The average molecular weight is 969 g/mol. The first-order valence-electron chi connectivity index (χ1n) is 30.4. The molecule has 69 heavy (non-hydrogen) atoms. The maximum Gasteiger partial charge on any atom is 0.305 e. The summed E-state index contributed by atoms with van der Waals surface area (Å²) in [5.41, 5.74) is 3.10. The molecule has 0 aromatic rings. The van der Waals surface area contributed by atoms with Gasteiger partial charge in [-0.25, -0.2) is 0 Å². The molecule has 0 bridgehead atoms. The number of carbonyl (C=O) groups is 2. The minimum Gasteiger partial charge on any atom is -0.490 e. The van der Waals surface area contributed by atoms with E-state index in [-0.39, 0.29) is 5.97 Å². The van der Waals surface area contributed by atoms with Crippen molar-refractivity contribution in [2.75, 3.05) is 39.5 Å². The van der Waals surface area contributed by atoms with Crippen molar-refractivity contribution in [3.05, 3.63) is 30.7 Å². The highest BCUT2D eigenvalue weighted by Crippen LogP contribution is 2.30. The molecule has 0 amide bonds. The molecule has 3 atom stereocenters. The first kappa shape index (κ1) is 65.1. The Labute approximate surface area is 430 Å². The molecule has 0 spiro atoms. The van der Waals surface area contributed by atoms with Crippen LogP contribution in [0.5, 0.6) is 0 Å². The topological polar surface area (TPSA) is 65.1 Å². The third kappa shape index (κ3) is 38.4. The second kappa shape index (κ2) is 48.4. The lowest BCUT2D eigenvalue weighted by atomic mass is 9.90. The van der Waals surface area contributed by atoms with Crippen LogP contribution in [-0.4, -0.2) is 62.2 Å². The molecule has 1 fully saturated rings. The highest BCUT2D eigenvalue weighted by molar-refractivity contribution is 5.78. The first-order valence-corrected chi connectivity index (χ1v) is 30.4. The van der Waals surface area contributed by atoms with Gasteiger partial charge in [-0.05, 0) is 107 Å². The number of carbonyl (C=O) groups excluding carboxylic acids is 2. The molecular formula is C63H117NO5. The van der Waals surface area contributed by atoms with E-state index in [0.29, 0.717) is 36.7 Å². The lowest BCUT2D eigenvalue weighted by Gasteiger charge is -2.24. The van der Waals surface area contributed by atoms with Crippen molar-refractivity contribution in [3.8, 4) is 0 Å². The summed E-state index contributed by atoms with van der Waals surface area (Å²) >= 11 is 0. The first-order chi connectivity index (χ1) is 33.8.